The molecule has 2 N–H and O–H groups in total. The number of amides is 1. The number of rotatable bonds is 3. The minimum atomic E-state index is -0.500. The lowest BCUT2D eigenvalue weighted by Crippen LogP contribution is -2.43. The number of carbonyl (C=O) groups excluding carboxylic acids is 1. The van der Waals surface area contributed by atoms with E-state index in [4.69, 9.17) is 0 Å². The van der Waals surface area contributed by atoms with Crippen molar-refractivity contribution in [1.82, 2.24) is 24.7 Å². The lowest BCUT2D eigenvalue weighted by atomic mass is 10.1. The van der Waals surface area contributed by atoms with Crippen LogP contribution in [-0.2, 0) is 0 Å². The van der Waals surface area contributed by atoms with Gasteiger partial charge in [-0.15, -0.1) is 0 Å². The number of fused-ring (bicyclic) bond motifs is 2. The van der Waals surface area contributed by atoms with E-state index in [0.29, 0.717) is 28.0 Å². The first kappa shape index (κ1) is 22.6. The van der Waals surface area contributed by atoms with Crippen molar-refractivity contribution in [3.8, 4) is 0 Å². The number of carbonyl (C=O) groups is 1. The van der Waals surface area contributed by atoms with E-state index in [1.807, 2.05) is 6.07 Å². The number of halogens is 1. The smallest absolute Gasteiger partial charge is 0.257 e. The molecule has 0 saturated carbocycles. The number of benzene rings is 1. The van der Waals surface area contributed by atoms with Gasteiger partial charge in [0.1, 0.15) is 11.0 Å². The minimum Gasteiger partial charge on any atom is -0.367 e. The van der Waals surface area contributed by atoms with Crippen molar-refractivity contribution in [3.63, 3.8) is 0 Å². The maximum absolute atomic E-state index is 14.4. The fourth-order valence-electron chi connectivity index (χ4n) is 3.83. The number of hydrogen-bond acceptors (Lipinski definition) is 6. The van der Waals surface area contributed by atoms with Crippen LogP contribution in [-0.4, -0.2) is 51.4 Å². The molecule has 1 aliphatic heterocycles. The molecule has 0 bridgehead atoms. The zero-order valence-electron chi connectivity index (χ0n) is 19.1. The molecule has 1 amide bonds. The molecule has 1 saturated heterocycles. The molecule has 1 aliphatic rings. The molecule has 4 aromatic rings. The van der Waals surface area contributed by atoms with Gasteiger partial charge in [-0.3, -0.25) is 14.8 Å². The van der Waals surface area contributed by atoms with E-state index in [1.54, 1.807) is 42.2 Å². The number of aromatic nitrogens is 4. The predicted molar refractivity (Wildman–Crippen MR) is 128 cm³/mol. The van der Waals surface area contributed by atoms with Crippen molar-refractivity contribution >= 4 is 34.0 Å². The highest BCUT2D eigenvalue weighted by Gasteiger charge is 2.19. The quantitative estimate of drug-likeness (QED) is 0.495. The third-order valence-electron chi connectivity index (χ3n) is 5.19. The van der Waals surface area contributed by atoms with Gasteiger partial charge in [0.15, 0.2) is 11.5 Å². The van der Waals surface area contributed by atoms with Crippen molar-refractivity contribution < 1.29 is 9.18 Å². The third kappa shape index (κ3) is 4.78. The summed E-state index contributed by atoms with van der Waals surface area (Å²) in [7, 11) is 0. The molecule has 3 aromatic heterocycles. The SMILES string of the molecule is CCC.Cc1cn2cc(NC(=O)c3ccc(N4CCNCC4)c4nccnc34)cc(F)c2n1. The molecule has 0 atom stereocenters. The first-order valence-corrected chi connectivity index (χ1v) is 11.2. The van der Waals surface area contributed by atoms with Crippen LogP contribution in [0.25, 0.3) is 16.7 Å². The standard InChI is InChI=1S/C21H20FN7O.C3H8/c1-13-11-29-12-14(10-16(22)20(29)26-13)27-21(30)15-2-3-17(28-8-6-23-7-9-28)19-18(15)24-4-5-25-19;1-3-2/h2-5,10-12,23H,6-9H2,1H3,(H,27,30);3H2,1-2H3. The highest BCUT2D eigenvalue weighted by molar-refractivity contribution is 6.13. The van der Waals surface area contributed by atoms with Gasteiger partial charge in [-0.25, -0.2) is 9.37 Å². The van der Waals surface area contributed by atoms with E-state index in [1.165, 1.54) is 12.5 Å². The molecule has 33 heavy (non-hydrogen) atoms. The van der Waals surface area contributed by atoms with E-state index < -0.39 is 5.82 Å². The molecule has 0 aliphatic carbocycles. The van der Waals surface area contributed by atoms with Crippen LogP contribution in [0, 0.1) is 12.7 Å². The van der Waals surface area contributed by atoms with Crippen LogP contribution in [0.4, 0.5) is 15.8 Å². The molecule has 5 rings (SSSR count). The average Bonchev–Trinajstić information content (AvgIpc) is 3.20. The fraction of sp³-hybridized carbons (Fsp3) is 0.333. The van der Waals surface area contributed by atoms with E-state index in [0.717, 1.165) is 31.9 Å². The number of imidazole rings is 1. The summed E-state index contributed by atoms with van der Waals surface area (Å²) in [5, 5.41) is 6.10. The number of piperazine rings is 1. The Balaban J connectivity index is 0.000000821. The van der Waals surface area contributed by atoms with Crippen LogP contribution in [0.1, 0.15) is 36.3 Å². The second kappa shape index (κ2) is 9.91. The summed E-state index contributed by atoms with van der Waals surface area (Å²) in [6.07, 6.45) is 7.79. The Hall–Kier alpha value is -3.59. The van der Waals surface area contributed by atoms with Crippen LogP contribution < -0.4 is 15.5 Å². The fourth-order valence-corrected chi connectivity index (χ4v) is 3.83. The molecular formula is C24H28FN7O. The maximum atomic E-state index is 14.4. The third-order valence-corrected chi connectivity index (χ3v) is 5.19. The number of aryl methyl sites for hydroxylation is 1. The van der Waals surface area contributed by atoms with Crippen LogP contribution in [0.3, 0.4) is 0 Å². The average molecular weight is 450 g/mol. The van der Waals surface area contributed by atoms with Crippen LogP contribution in [0.2, 0.25) is 0 Å². The predicted octanol–water partition coefficient (Wildman–Crippen LogP) is 3.80. The van der Waals surface area contributed by atoms with Gasteiger partial charge in [0, 0.05) is 57.0 Å². The Labute approximate surface area is 191 Å². The van der Waals surface area contributed by atoms with Gasteiger partial charge in [0.2, 0.25) is 0 Å². The molecule has 0 radical (unpaired) electrons. The summed E-state index contributed by atoms with van der Waals surface area (Å²) in [6, 6.07) is 4.92. The number of nitrogens with zero attached hydrogens (tertiary/aromatic N) is 5. The lowest BCUT2D eigenvalue weighted by Gasteiger charge is -2.30. The van der Waals surface area contributed by atoms with Crippen molar-refractivity contribution in [2.45, 2.75) is 27.2 Å². The van der Waals surface area contributed by atoms with Gasteiger partial charge < -0.3 is 19.9 Å². The molecule has 1 fully saturated rings. The monoisotopic (exact) mass is 449 g/mol. The Kier molecular flexibility index (Phi) is 6.79. The summed E-state index contributed by atoms with van der Waals surface area (Å²) in [4.78, 5) is 28.3. The topological polar surface area (TPSA) is 87.5 Å². The van der Waals surface area contributed by atoms with Crippen LogP contribution in [0.15, 0.2) is 43.0 Å². The zero-order valence-corrected chi connectivity index (χ0v) is 19.1. The highest BCUT2D eigenvalue weighted by Crippen LogP contribution is 2.27. The molecule has 8 nitrogen and oxygen atoms in total. The molecule has 0 unspecified atom stereocenters. The summed E-state index contributed by atoms with van der Waals surface area (Å²) in [6.45, 7) is 9.55. The molecule has 9 heteroatoms. The van der Waals surface area contributed by atoms with Crippen molar-refractivity contribution in [2.24, 2.45) is 0 Å². The second-order valence-electron chi connectivity index (χ2n) is 7.97. The zero-order chi connectivity index (χ0) is 23.4. The largest absolute Gasteiger partial charge is 0.367 e. The van der Waals surface area contributed by atoms with Gasteiger partial charge in [0.25, 0.3) is 5.91 Å². The van der Waals surface area contributed by atoms with Gasteiger partial charge in [-0.2, -0.15) is 0 Å². The van der Waals surface area contributed by atoms with Gasteiger partial charge >= 0.3 is 0 Å². The second-order valence-corrected chi connectivity index (χ2v) is 7.97. The minimum absolute atomic E-state index is 0.224. The number of nitrogens with one attached hydrogen (secondary N) is 2. The number of anilines is 2. The first-order chi connectivity index (χ1) is 16.0. The van der Waals surface area contributed by atoms with Crippen molar-refractivity contribution in [1.29, 1.82) is 0 Å². The maximum Gasteiger partial charge on any atom is 0.257 e. The lowest BCUT2D eigenvalue weighted by molar-refractivity contribution is 0.102. The van der Waals surface area contributed by atoms with Gasteiger partial charge in [-0.1, -0.05) is 20.3 Å². The number of hydrogen-bond donors (Lipinski definition) is 2. The van der Waals surface area contributed by atoms with E-state index in [2.05, 4.69) is 44.3 Å². The van der Waals surface area contributed by atoms with Gasteiger partial charge in [-0.05, 0) is 19.1 Å². The van der Waals surface area contributed by atoms with E-state index in [9.17, 15) is 9.18 Å². The van der Waals surface area contributed by atoms with Crippen LogP contribution in [0.5, 0.6) is 0 Å². The van der Waals surface area contributed by atoms with Gasteiger partial charge in [0.05, 0.1) is 22.6 Å². The molecule has 172 valence electrons. The van der Waals surface area contributed by atoms with Crippen molar-refractivity contribution in [2.75, 3.05) is 36.4 Å². The Bertz CT molecular complexity index is 1280. The Morgan fingerprint density at radius 2 is 1.82 bits per heavy atom. The molecular weight excluding hydrogens is 421 g/mol. The Morgan fingerprint density at radius 3 is 2.55 bits per heavy atom. The van der Waals surface area contributed by atoms with Crippen molar-refractivity contribution in [3.05, 3.63) is 60.1 Å². The molecule has 1 aromatic carbocycles. The summed E-state index contributed by atoms with van der Waals surface area (Å²) < 4.78 is 15.9. The normalized spacial score (nSPS) is 13.6. The number of pyridine rings is 1. The highest BCUT2D eigenvalue weighted by atomic mass is 19.1. The first-order valence-electron chi connectivity index (χ1n) is 11.2. The summed E-state index contributed by atoms with van der Waals surface area (Å²) in [5.41, 5.74) is 3.80. The molecule has 0 spiro atoms. The summed E-state index contributed by atoms with van der Waals surface area (Å²) >= 11 is 0. The summed E-state index contributed by atoms with van der Waals surface area (Å²) in [5.74, 6) is -0.873. The van der Waals surface area contributed by atoms with E-state index in [-0.39, 0.29) is 11.6 Å². The van der Waals surface area contributed by atoms with E-state index >= 15 is 0 Å². The van der Waals surface area contributed by atoms with Crippen LogP contribution >= 0.6 is 0 Å². The molecule has 4 heterocycles. The Morgan fingerprint density at radius 1 is 1.12 bits per heavy atom.